The molecule has 0 aliphatic heterocycles. The fourth-order valence-corrected chi connectivity index (χ4v) is 3.05. The minimum Gasteiger partial charge on any atom is -0.384 e. The van der Waals surface area contributed by atoms with Crippen molar-refractivity contribution in [3.63, 3.8) is 0 Å². The van der Waals surface area contributed by atoms with Crippen LogP contribution in [0.3, 0.4) is 0 Å². The zero-order valence-electron chi connectivity index (χ0n) is 12.7. The average molecular weight is 330 g/mol. The number of nitrogens with one attached hydrogen (secondary N) is 1. The van der Waals surface area contributed by atoms with Gasteiger partial charge < -0.3 is 9.72 Å². The van der Waals surface area contributed by atoms with Crippen molar-refractivity contribution in [3.8, 4) is 11.3 Å². The molecule has 0 aliphatic carbocycles. The summed E-state index contributed by atoms with van der Waals surface area (Å²) in [7, 11) is -2.01. The first-order valence-corrected chi connectivity index (χ1v) is 8.76. The van der Waals surface area contributed by atoms with Crippen LogP contribution in [0.1, 0.15) is 5.56 Å². The molecule has 0 amide bonds. The molecule has 120 valence electrons. The normalized spacial score (nSPS) is 11.9. The maximum Gasteiger partial charge on any atom is 0.238 e. The summed E-state index contributed by atoms with van der Waals surface area (Å²) in [5, 5.41) is 6.11. The predicted molar refractivity (Wildman–Crippen MR) is 90.7 cm³/mol. The van der Waals surface area contributed by atoms with E-state index in [4.69, 9.17) is 9.88 Å². The average Bonchev–Trinajstić information content (AvgIpc) is 2.95. The second-order valence-corrected chi connectivity index (χ2v) is 6.98. The Morgan fingerprint density at radius 3 is 2.48 bits per heavy atom. The van der Waals surface area contributed by atoms with E-state index in [1.165, 1.54) is 11.6 Å². The van der Waals surface area contributed by atoms with Crippen LogP contribution in [0.5, 0.6) is 0 Å². The number of aromatic amines is 1. The predicted octanol–water partition coefficient (Wildman–Crippen LogP) is 2.67. The molecule has 5 nitrogen and oxygen atoms in total. The second kappa shape index (κ2) is 6.16. The SMILES string of the molecule is COCCc1ccc(-c2cc3ccc(S(N)(=O)=O)cc3[nH]2)cc1. The summed E-state index contributed by atoms with van der Waals surface area (Å²) in [6, 6.07) is 15.0. The lowest BCUT2D eigenvalue weighted by Crippen LogP contribution is -2.11. The molecule has 1 aromatic heterocycles. The van der Waals surface area contributed by atoms with Gasteiger partial charge in [-0.1, -0.05) is 30.3 Å². The van der Waals surface area contributed by atoms with Crippen LogP contribution in [0, 0.1) is 0 Å². The number of aromatic nitrogens is 1. The fourth-order valence-electron chi connectivity index (χ4n) is 2.51. The number of hydrogen-bond acceptors (Lipinski definition) is 3. The molecular formula is C17H18N2O3S. The van der Waals surface area contributed by atoms with Gasteiger partial charge in [0.05, 0.1) is 11.5 Å². The van der Waals surface area contributed by atoms with Crippen LogP contribution >= 0.6 is 0 Å². The number of nitrogens with two attached hydrogens (primary N) is 1. The number of rotatable bonds is 5. The molecule has 0 radical (unpaired) electrons. The van der Waals surface area contributed by atoms with E-state index < -0.39 is 10.0 Å². The van der Waals surface area contributed by atoms with E-state index in [0.717, 1.165) is 28.6 Å². The number of benzene rings is 2. The number of methoxy groups -OCH3 is 1. The Labute approximate surface area is 135 Å². The standard InChI is InChI=1S/C17H18N2O3S/c1-22-9-8-12-2-4-13(5-3-12)16-10-14-6-7-15(23(18,20)21)11-17(14)19-16/h2-7,10-11,19H,8-9H2,1H3,(H2,18,20,21). The minimum absolute atomic E-state index is 0.105. The molecular weight excluding hydrogens is 312 g/mol. The Morgan fingerprint density at radius 2 is 1.83 bits per heavy atom. The molecule has 0 saturated heterocycles. The van der Waals surface area contributed by atoms with Crippen molar-refractivity contribution in [2.45, 2.75) is 11.3 Å². The Hall–Kier alpha value is -2.15. The van der Waals surface area contributed by atoms with Gasteiger partial charge in [-0.05, 0) is 35.7 Å². The summed E-state index contributed by atoms with van der Waals surface area (Å²) in [5.74, 6) is 0. The van der Waals surface area contributed by atoms with Gasteiger partial charge in [0.2, 0.25) is 10.0 Å². The van der Waals surface area contributed by atoms with Gasteiger partial charge in [0.25, 0.3) is 0 Å². The van der Waals surface area contributed by atoms with E-state index in [1.807, 2.05) is 18.2 Å². The van der Waals surface area contributed by atoms with Gasteiger partial charge in [0.1, 0.15) is 0 Å². The third-order valence-corrected chi connectivity index (χ3v) is 4.69. The minimum atomic E-state index is -3.70. The van der Waals surface area contributed by atoms with Crippen molar-refractivity contribution in [3.05, 3.63) is 54.1 Å². The van der Waals surface area contributed by atoms with Crippen LogP contribution in [0.2, 0.25) is 0 Å². The number of hydrogen-bond donors (Lipinski definition) is 2. The first kappa shape index (κ1) is 15.7. The molecule has 0 unspecified atom stereocenters. The lowest BCUT2D eigenvalue weighted by Gasteiger charge is -2.02. The third-order valence-electron chi connectivity index (χ3n) is 3.78. The van der Waals surface area contributed by atoms with Gasteiger partial charge in [-0.25, -0.2) is 13.6 Å². The van der Waals surface area contributed by atoms with Crippen molar-refractivity contribution in [2.75, 3.05) is 13.7 Å². The molecule has 0 saturated carbocycles. The molecule has 6 heteroatoms. The van der Waals surface area contributed by atoms with E-state index >= 15 is 0 Å². The number of H-pyrrole nitrogens is 1. The fraction of sp³-hybridized carbons (Fsp3) is 0.176. The van der Waals surface area contributed by atoms with Gasteiger partial charge in [-0.2, -0.15) is 0 Å². The Balaban J connectivity index is 1.94. The highest BCUT2D eigenvalue weighted by molar-refractivity contribution is 7.89. The van der Waals surface area contributed by atoms with E-state index in [0.29, 0.717) is 6.61 Å². The molecule has 3 aromatic rings. The largest absolute Gasteiger partial charge is 0.384 e. The van der Waals surface area contributed by atoms with Crippen molar-refractivity contribution in [1.82, 2.24) is 4.98 Å². The molecule has 0 aliphatic rings. The zero-order valence-corrected chi connectivity index (χ0v) is 13.6. The number of sulfonamides is 1. The highest BCUT2D eigenvalue weighted by atomic mass is 32.2. The van der Waals surface area contributed by atoms with Crippen molar-refractivity contribution >= 4 is 20.9 Å². The van der Waals surface area contributed by atoms with Crippen molar-refractivity contribution < 1.29 is 13.2 Å². The van der Waals surface area contributed by atoms with Crippen LogP contribution in [0.25, 0.3) is 22.2 Å². The van der Waals surface area contributed by atoms with Gasteiger partial charge in [0.15, 0.2) is 0 Å². The number of primary sulfonamides is 1. The van der Waals surface area contributed by atoms with Crippen LogP contribution in [-0.2, 0) is 21.2 Å². The van der Waals surface area contributed by atoms with Gasteiger partial charge >= 0.3 is 0 Å². The lowest BCUT2D eigenvalue weighted by atomic mass is 10.1. The Morgan fingerprint density at radius 1 is 1.09 bits per heavy atom. The second-order valence-electron chi connectivity index (χ2n) is 5.42. The van der Waals surface area contributed by atoms with Crippen LogP contribution in [0.15, 0.2) is 53.4 Å². The van der Waals surface area contributed by atoms with Crippen molar-refractivity contribution in [1.29, 1.82) is 0 Å². The molecule has 0 atom stereocenters. The zero-order chi connectivity index (χ0) is 16.4. The van der Waals surface area contributed by atoms with Gasteiger partial charge in [-0.3, -0.25) is 0 Å². The van der Waals surface area contributed by atoms with E-state index in [2.05, 4.69) is 17.1 Å². The molecule has 2 aromatic carbocycles. The lowest BCUT2D eigenvalue weighted by molar-refractivity contribution is 0.202. The monoisotopic (exact) mass is 330 g/mol. The first-order chi connectivity index (χ1) is 11.0. The molecule has 0 bridgehead atoms. The van der Waals surface area contributed by atoms with E-state index in [9.17, 15) is 8.42 Å². The molecule has 3 rings (SSSR count). The molecule has 0 spiro atoms. The maximum absolute atomic E-state index is 11.4. The van der Waals surface area contributed by atoms with E-state index in [-0.39, 0.29) is 4.90 Å². The Kier molecular flexibility index (Phi) is 4.21. The maximum atomic E-state index is 11.4. The summed E-state index contributed by atoms with van der Waals surface area (Å²) in [4.78, 5) is 3.35. The molecule has 0 fully saturated rings. The van der Waals surface area contributed by atoms with Crippen LogP contribution < -0.4 is 5.14 Å². The quantitative estimate of drug-likeness (QED) is 0.754. The van der Waals surface area contributed by atoms with Crippen LogP contribution in [-0.4, -0.2) is 27.1 Å². The van der Waals surface area contributed by atoms with Crippen molar-refractivity contribution in [2.24, 2.45) is 5.14 Å². The topological polar surface area (TPSA) is 85.2 Å². The summed E-state index contributed by atoms with van der Waals surface area (Å²) in [5.41, 5.74) is 3.93. The van der Waals surface area contributed by atoms with Gasteiger partial charge in [-0.15, -0.1) is 0 Å². The summed E-state index contributed by atoms with van der Waals surface area (Å²) in [6.07, 6.45) is 0.876. The third kappa shape index (κ3) is 3.44. The highest BCUT2D eigenvalue weighted by Gasteiger charge is 2.10. The molecule has 23 heavy (non-hydrogen) atoms. The Bertz CT molecular complexity index is 928. The summed E-state index contributed by atoms with van der Waals surface area (Å²) in [6.45, 7) is 0.697. The van der Waals surface area contributed by atoms with E-state index in [1.54, 1.807) is 19.2 Å². The molecule has 1 heterocycles. The number of fused-ring (bicyclic) bond motifs is 1. The smallest absolute Gasteiger partial charge is 0.238 e. The summed E-state index contributed by atoms with van der Waals surface area (Å²) < 4.78 is 27.9. The highest BCUT2D eigenvalue weighted by Crippen LogP contribution is 2.26. The number of ether oxygens (including phenoxy) is 1. The van der Waals surface area contributed by atoms with Gasteiger partial charge in [0, 0.05) is 23.7 Å². The van der Waals surface area contributed by atoms with Crippen LogP contribution in [0.4, 0.5) is 0 Å². The molecule has 3 N–H and O–H groups in total. The first-order valence-electron chi connectivity index (χ1n) is 7.21. The summed E-state index contributed by atoms with van der Waals surface area (Å²) >= 11 is 0.